The van der Waals surface area contributed by atoms with Gasteiger partial charge >= 0.3 is 0 Å². The molecule has 2 rings (SSSR count). The fourth-order valence-corrected chi connectivity index (χ4v) is 5.74. The van der Waals surface area contributed by atoms with E-state index >= 15 is 0 Å². The van der Waals surface area contributed by atoms with Crippen molar-refractivity contribution in [3.8, 4) is 0 Å². The highest BCUT2D eigenvalue weighted by Crippen LogP contribution is 2.37. The van der Waals surface area contributed by atoms with E-state index in [1.54, 1.807) is 0 Å². The van der Waals surface area contributed by atoms with E-state index in [1.165, 1.54) is 51.2 Å². The third-order valence-corrected chi connectivity index (χ3v) is 8.99. The molecule has 1 heterocycles. The van der Waals surface area contributed by atoms with Crippen LogP contribution in [0.3, 0.4) is 0 Å². The molecule has 0 amide bonds. The smallest absolute Gasteiger partial charge is 0.267 e. The van der Waals surface area contributed by atoms with E-state index in [4.69, 9.17) is 4.43 Å². The van der Waals surface area contributed by atoms with Crippen LogP contribution in [0.15, 0.2) is 0 Å². The van der Waals surface area contributed by atoms with E-state index in [-0.39, 0.29) is 0 Å². The van der Waals surface area contributed by atoms with Crippen LogP contribution < -0.4 is 0 Å². The zero-order chi connectivity index (χ0) is 11.6. The monoisotopic (exact) mass is 241 g/mol. The van der Waals surface area contributed by atoms with Gasteiger partial charge < -0.3 is 8.99 Å². The zero-order valence-electron chi connectivity index (χ0n) is 11.2. The van der Waals surface area contributed by atoms with Gasteiger partial charge in [-0.1, -0.05) is 26.2 Å². The van der Waals surface area contributed by atoms with Gasteiger partial charge in [-0.3, -0.25) is 0 Å². The van der Waals surface area contributed by atoms with E-state index in [2.05, 4.69) is 18.0 Å². The molecule has 2 unspecified atom stereocenters. The average molecular weight is 241 g/mol. The lowest BCUT2D eigenvalue weighted by atomic mass is 9.76. The maximum absolute atomic E-state index is 5.87. The van der Waals surface area contributed by atoms with E-state index in [9.17, 15) is 0 Å². The first kappa shape index (κ1) is 12.6. The number of hydrogen-bond donors (Lipinski definition) is 0. The summed E-state index contributed by atoms with van der Waals surface area (Å²) in [6.45, 7) is 7.31. The molecule has 1 saturated carbocycles. The molecule has 0 spiro atoms. The predicted octanol–water partition coefficient (Wildman–Crippen LogP) is 3.24. The second kappa shape index (κ2) is 5.19. The molecule has 2 aliphatic rings. The predicted molar refractivity (Wildman–Crippen MR) is 70.7 cm³/mol. The number of rotatable bonds is 3. The summed E-state index contributed by atoms with van der Waals surface area (Å²) >= 11 is 0. The van der Waals surface area contributed by atoms with Gasteiger partial charge in [0, 0.05) is 7.11 Å². The fraction of sp³-hybridized carbons (Fsp3) is 1.00. The number of fused-ring (bicyclic) bond motifs is 1. The normalized spacial score (nSPS) is 35.4. The molecule has 94 valence electrons. The summed E-state index contributed by atoms with van der Waals surface area (Å²) in [5, 5.41) is 0. The van der Waals surface area contributed by atoms with Crippen LogP contribution in [0.2, 0.25) is 12.6 Å². The molecule has 1 aliphatic heterocycles. The summed E-state index contributed by atoms with van der Waals surface area (Å²) in [6, 6.07) is 1.22. The van der Waals surface area contributed by atoms with Gasteiger partial charge in [0.2, 0.25) is 0 Å². The Morgan fingerprint density at radius 3 is 2.50 bits per heavy atom. The van der Waals surface area contributed by atoms with Crippen molar-refractivity contribution < 1.29 is 4.43 Å². The summed E-state index contributed by atoms with van der Waals surface area (Å²) in [5.41, 5.74) is 0. The first-order chi connectivity index (χ1) is 7.69. The minimum atomic E-state index is -1.54. The SMILES string of the molecule is CC[Si@@](C)(OC)N1CCC2CCCCC2C1. The lowest BCUT2D eigenvalue weighted by Gasteiger charge is -2.47. The summed E-state index contributed by atoms with van der Waals surface area (Å²) in [6.07, 6.45) is 7.34. The second-order valence-electron chi connectivity index (χ2n) is 5.77. The Kier molecular flexibility index (Phi) is 4.09. The van der Waals surface area contributed by atoms with E-state index in [1.807, 2.05) is 7.11 Å². The average Bonchev–Trinajstić information content (AvgIpc) is 2.37. The van der Waals surface area contributed by atoms with Crippen LogP contribution in [0.4, 0.5) is 0 Å². The molecular weight excluding hydrogens is 214 g/mol. The quantitative estimate of drug-likeness (QED) is 0.703. The molecule has 0 aromatic carbocycles. The van der Waals surface area contributed by atoms with Crippen LogP contribution >= 0.6 is 0 Å². The minimum absolute atomic E-state index is 0.982. The molecule has 3 heteroatoms. The van der Waals surface area contributed by atoms with Gasteiger partial charge in [0.15, 0.2) is 0 Å². The standard InChI is InChI=1S/C13H27NOSi/c1-4-16(3,15-2)14-10-9-12-7-5-6-8-13(12)11-14/h12-13H,4-11H2,1-3H3/t12?,13?,16-/m1/s1. The summed E-state index contributed by atoms with van der Waals surface area (Å²) in [7, 11) is 0.380. The maximum atomic E-state index is 5.87. The van der Waals surface area contributed by atoms with E-state index in [0.29, 0.717) is 0 Å². The van der Waals surface area contributed by atoms with Crippen molar-refractivity contribution in [3.63, 3.8) is 0 Å². The minimum Gasteiger partial charge on any atom is -0.406 e. The molecule has 0 aromatic heterocycles. The zero-order valence-corrected chi connectivity index (χ0v) is 12.2. The topological polar surface area (TPSA) is 12.5 Å². The highest BCUT2D eigenvalue weighted by molar-refractivity contribution is 6.69. The lowest BCUT2D eigenvalue weighted by Crippen LogP contribution is -2.57. The van der Waals surface area contributed by atoms with Gasteiger partial charge in [-0.05, 0) is 50.4 Å². The van der Waals surface area contributed by atoms with E-state index in [0.717, 1.165) is 11.8 Å². The van der Waals surface area contributed by atoms with Crippen LogP contribution in [0.1, 0.15) is 39.0 Å². The van der Waals surface area contributed by atoms with Gasteiger partial charge in [-0.2, -0.15) is 0 Å². The van der Waals surface area contributed by atoms with Gasteiger partial charge in [-0.25, -0.2) is 0 Å². The molecular formula is C13H27NOSi. The van der Waals surface area contributed by atoms with E-state index < -0.39 is 8.48 Å². The molecule has 0 bridgehead atoms. The summed E-state index contributed by atoms with van der Waals surface area (Å²) in [4.78, 5) is 0. The summed E-state index contributed by atoms with van der Waals surface area (Å²) < 4.78 is 8.59. The van der Waals surface area contributed by atoms with Crippen LogP contribution in [0, 0.1) is 11.8 Å². The largest absolute Gasteiger partial charge is 0.406 e. The highest BCUT2D eigenvalue weighted by Gasteiger charge is 2.40. The van der Waals surface area contributed by atoms with Crippen LogP contribution in [-0.2, 0) is 4.43 Å². The molecule has 1 aliphatic carbocycles. The van der Waals surface area contributed by atoms with Crippen LogP contribution in [0.25, 0.3) is 0 Å². The molecule has 16 heavy (non-hydrogen) atoms. The Balaban J connectivity index is 1.98. The Labute approximate surface area is 102 Å². The van der Waals surface area contributed by atoms with Gasteiger partial charge in [0.25, 0.3) is 8.48 Å². The number of hydrogen-bond acceptors (Lipinski definition) is 2. The summed E-state index contributed by atoms with van der Waals surface area (Å²) in [5.74, 6) is 2.02. The number of nitrogens with zero attached hydrogens (tertiary/aromatic N) is 1. The third kappa shape index (κ3) is 2.36. The Morgan fingerprint density at radius 2 is 1.88 bits per heavy atom. The fourth-order valence-electron chi connectivity index (χ4n) is 3.53. The first-order valence-corrected chi connectivity index (χ1v) is 9.56. The maximum Gasteiger partial charge on any atom is 0.267 e. The molecule has 0 N–H and O–H groups in total. The van der Waals surface area contributed by atoms with Crippen molar-refractivity contribution in [1.29, 1.82) is 0 Å². The highest BCUT2D eigenvalue weighted by atomic mass is 28.4. The van der Waals surface area contributed by atoms with Crippen molar-refractivity contribution >= 4 is 8.48 Å². The second-order valence-corrected chi connectivity index (χ2v) is 9.87. The van der Waals surface area contributed by atoms with Crippen molar-refractivity contribution in [2.75, 3.05) is 20.2 Å². The van der Waals surface area contributed by atoms with Gasteiger partial charge in [0.05, 0.1) is 0 Å². The molecule has 1 saturated heterocycles. The molecule has 3 atom stereocenters. The number of piperidine rings is 1. The first-order valence-electron chi connectivity index (χ1n) is 7.00. The Hall–Kier alpha value is 0.137. The molecule has 2 nitrogen and oxygen atoms in total. The van der Waals surface area contributed by atoms with Gasteiger partial charge in [0.1, 0.15) is 0 Å². The Bertz CT molecular complexity index is 230. The Morgan fingerprint density at radius 1 is 1.19 bits per heavy atom. The van der Waals surface area contributed by atoms with Crippen LogP contribution in [-0.4, -0.2) is 33.2 Å². The van der Waals surface area contributed by atoms with Crippen LogP contribution in [0.5, 0.6) is 0 Å². The van der Waals surface area contributed by atoms with Crippen molar-refractivity contribution in [2.45, 2.75) is 51.6 Å². The van der Waals surface area contributed by atoms with Crippen molar-refractivity contribution in [1.82, 2.24) is 4.57 Å². The van der Waals surface area contributed by atoms with Crippen molar-refractivity contribution in [3.05, 3.63) is 0 Å². The molecule has 2 fully saturated rings. The van der Waals surface area contributed by atoms with Gasteiger partial charge in [-0.15, -0.1) is 0 Å². The van der Waals surface area contributed by atoms with Crippen molar-refractivity contribution in [2.24, 2.45) is 11.8 Å². The lowest BCUT2D eigenvalue weighted by molar-refractivity contribution is 0.115. The molecule has 0 radical (unpaired) electrons. The third-order valence-electron chi connectivity index (χ3n) is 5.06. The molecule has 0 aromatic rings.